The van der Waals surface area contributed by atoms with Gasteiger partial charge in [0.2, 0.25) is 0 Å². The number of nitrogens with zero attached hydrogens (tertiary/aromatic N) is 1. The molecule has 3 aromatic carbocycles. The highest BCUT2D eigenvalue weighted by atomic mass is 32.1. The van der Waals surface area contributed by atoms with Crippen molar-refractivity contribution >= 4 is 50.5 Å². The van der Waals surface area contributed by atoms with Crippen LogP contribution in [-0.4, -0.2) is 16.0 Å². The second-order valence-electron chi connectivity index (χ2n) is 6.34. The first-order valence-electron chi connectivity index (χ1n) is 8.73. The monoisotopic (exact) mass is 403 g/mol. The van der Waals surface area contributed by atoms with Crippen molar-refractivity contribution in [3.05, 3.63) is 83.2 Å². The molecule has 4 rings (SSSR count). The van der Waals surface area contributed by atoms with Gasteiger partial charge in [0.25, 0.3) is 5.91 Å². The molecule has 2 N–H and O–H groups in total. The van der Waals surface area contributed by atoms with Gasteiger partial charge < -0.3 is 5.32 Å². The Kier molecular flexibility index (Phi) is 5.14. The lowest BCUT2D eigenvalue weighted by atomic mass is 10.0. The van der Waals surface area contributed by atoms with Crippen molar-refractivity contribution in [2.75, 3.05) is 5.32 Å². The molecule has 0 aliphatic carbocycles. The Morgan fingerprint density at radius 3 is 2.68 bits per heavy atom. The van der Waals surface area contributed by atoms with E-state index in [-0.39, 0.29) is 11.0 Å². The Hall–Kier alpha value is -3.09. The molecule has 138 valence electrons. The summed E-state index contributed by atoms with van der Waals surface area (Å²) in [4.78, 5) is 16.9. The van der Waals surface area contributed by atoms with Gasteiger partial charge in [-0.3, -0.25) is 10.1 Å². The van der Waals surface area contributed by atoms with Gasteiger partial charge in [0.1, 0.15) is 0 Å². The van der Waals surface area contributed by atoms with Crippen molar-refractivity contribution < 1.29 is 4.79 Å². The summed E-state index contributed by atoms with van der Waals surface area (Å²) < 4.78 is 0. The van der Waals surface area contributed by atoms with Crippen molar-refractivity contribution in [2.24, 2.45) is 0 Å². The number of carbonyl (C=O) groups is 1. The van der Waals surface area contributed by atoms with E-state index >= 15 is 0 Å². The fourth-order valence-electron chi connectivity index (χ4n) is 2.99. The lowest BCUT2D eigenvalue weighted by Gasteiger charge is -2.08. The Labute approximate surface area is 172 Å². The number of amides is 1. The predicted octanol–water partition coefficient (Wildman–Crippen LogP) is 5.40. The molecule has 1 aromatic heterocycles. The number of fused-ring (bicyclic) bond motifs is 1. The second-order valence-corrected chi connectivity index (χ2v) is 7.61. The van der Waals surface area contributed by atoms with Crippen LogP contribution < -0.4 is 10.6 Å². The molecule has 0 saturated carbocycles. The first kappa shape index (κ1) is 18.3. The first-order valence-corrected chi connectivity index (χ1v) is 10.0. The third kappa shape index (κ3) is 3.93. The summed E-state index contributed by atoms with van der Waals surface area (Å²) in [6.45, 7) is 1.94. The molecule has 4 aromatic rings. The van der Waals surface area contributed by atoms with E-state index in [9.17, 15) is 4.79 Å². The molecule has 6 heteroatoms. The SMILES string of the molecule is Cc1cccc(C(=O)NC(=S)Nc2nc(-c3cccc4ccccc34)cs2)c1. The van der Waals surface area contributed by atoms with Gasteiger partial charge in [-0.1, -0.05) is 60.2 Å². The van der Waals surface area contributed by atoms with E-state index in [1.165, 1.54) is 16.7 Å². The van der Waals surface area contributed by atoms with Crippen LogP contribution in [0.2, 0.25) is 0 Å². The maximum absolute atomic E-state index is 12.3. The van der Waals surface area contributed by atoms with Crippen LogP contribution in [0.5, 0.6) is 0 Å². The molecule has 0 bridgehead atoms. The molecule has 0 aliphatic rings. The second kappa shape index (κ2) is 7.88. The molecule has 4 nitrogen and oxygen atoms in total. The summed E-state index contributed by atoms with van der Waals surface area (Å²) in [6, 6.07) is 21.7. The molecule has 1 amide bonds. The van der Waals surface area contributed by atoms with E-state index in [1.54, 1.807) is 6.07 Å². The minimum Gasteiger partial charge on any atom is -0.308 e. The number of thiazole rings is 1. The van der Waals surface area contributed by atoms with E-state index in [0.29, 0.717) is 10.7 Å². The van der Waals surface area contributed by atoms with Crippen molar-refractivity contribution in [1.82, 2.24) is 10.3 Å². The number of aryl methyl sites for hydroxylation is 1. The first-order chi connectivity index (χ1) is 13.6. The molecule has 0 aliphatic heterocycles. The summed E-state index contributed by atoms with van der Waals surface area (Å²) in [5.74, 6) is -0.243. The average Bonchev–Trinajstić information content (AvgIpc) is 3.15. The van der Waals surface area contributed by atoms with Crippen LogP contribution in [0, 0.1) is 6.92 Å². The fraction of sp³-hybridized carbons (Fsp3) is 0.0455. The van der Waals surface area contributed by atoms with Gasteiger partial charge in [0.15, 0.2) is 10.2 Å². The quantitative estimate of drug-likeness (QED) is 0.450. The van der Waals surface area contributed by atoms with Gasteiger partial charge in [-0.25, -0.2) is 4.98 Å². The van der Waals surface area contributed by atoms with Crippen LogP contribution in [0.3, 0.4) is 0 Å². The van der Waals surface area contributed by atoms with E-state index < -0.39 is 0 Å². The van der Waals surface area contributed by atoms with Crippen LogP contribution in [0.25, 0.3) is 22.0 Å². The van der Waals surface area contributed by atoms with Crippen molar-refractivity contribution in [1.29, 1.82) is 0 Å². The summed E-state index contributed by atoms with van der Waals surface area (Å²) in [5.41, 5.74) is 3.53. The van der Waals surface area contributed by atoms with Gasteiger partial charge in [-0.05, 0) is 42.0 Å². The Morgan fingerprint density at radius 2 is 1.82 bits per heavy atom. The van der Waals surface area contributed by atoms with Crippen LogP contribution in [0.1, 0.15) is 15.9 Å². The lowest BCUT2D eigenvalue weighted by molar-refractivity contribution is 0.0977. The maximum atomic E-state index is 12.3. The van der Waals surface area contributed by atoms with Gasteiger partial charge in [0.05, 0.1) is 5.69 Å². The summed E-state index contributed by atoms with van der Waals surface area (Å²) in [6.07, 6.45) is 0. The lowest BCUT2D eigenvalue weighted by Crippen LogP contribution is -2.34. The normalized spacial score (nSPS) is 10.6. The zero-order chi connectivity index (χ0) is 19.5. The zero-order valence-corrected chi connectivity index (χ0v) is 16.7. The number of benzene rings is 3. The van der Waals surface area contributed by atoms with E-state index in [1.807, 2.05) is 48.7 Å². The third-order valence-electron chi connectivity index (χ3n) is 4.30. The maximum Gasteiger partial charge on any atom is 0.257 e. The molecule has 1 heterocycles. The Balaban J connectivity index is 1.49. The molecule has 0 radical (unpaired) electrons. The number of anilines is 1. The summed E-state index contributed by atoms with van der Waals surface area (Å²) in [5, 5.41) is 10.9. The number of thiocarbonyl (C=S) groups is 1. The van der Waals surface area contributed by atoms with Crippen molar-refractivity contribution in [3.8, 4) is 11.3 Å². The molecule has 0 spiro atoms. The topological polar surface area (TPSA) is 54.0 Å². The van der Waals surface area contributed by atoms with Gasteiger partial charge >= 0.3 is 0 Å². The molecular weight excluding hydrogens is 386 g/mol. The number of nitrogens with one attached hydrogen (secondary N) is 2. The standard InChI is InChI=1S/C22H17N3OS2/c1-14-6-4-9-16(12-14)20(26)24-21(27)25-22-23-19(13-28-22)18-11-5-8-15-7-2-3-10-17(15)18/h2-13H,1H3,(H2,23,24,25,26,27). The minimum absolute atomic E-state index is 0.227. The van der Waals surface area contributed by atoms with Gasteiger partial charge in [-0.2, -0.15) is 0 Å². The van der Waals surface area contributed by atoms with Crippen LogP contribution in [-0.2, 0) is 0 Å². The number of rotatable bonds is 3. The van der Waals surface area contributed by atoms with Crippen molar-refractivity contribution in [2.45, 2.75) is 6.92 Å². The molecule has 0 saturated heterocycles. The fourth-order valence-corrected chi connectivity index (χ4v) is 3.96. The van der Waals surface area contributed by atoms with E-state index in [4.69, 9.17) is 12.2 Å². The zero-order valence-electron chi connectivity index (χ0n) is 15.1. The van der Waals surface area contributed by atoms with Crippen LogP contribution in [0.15, 0.2) is 72.1 Å². The van der Waals surface area contributed by atoms with Crippen LogP contribution >= 0.6 is 23.6 Å². The van der Waals surface area contributed by atoms with Crippen molar-refractivity contribution in [3.63, 3.8) is 0 Å². The highest BCUT2D eigenvalue weighted by molar-refractivity contribution is 7.80. The van der Waals surface area contributed by atoms with E-state index in [2.05, 4.69) is 39.9 Å². The number of aromatic nitrogens is 1. The predicted molar refractivity (Wildman–Crippen MR) is 120 cm³/mol. The minimum atomic E-state index is -0.243. The third-order valence-corrected chi connectivity index (χ3v) is 5.26. The molecule has 0 unspecified atom stereocenters. The average molecular weight is 404 g/mol. The van der Waals surface area contributed by atoms with E-state index in [0.717, 1.165) is 22.2 Å². The molecule has 0 fully saturated rings. The van der Waals surface area contributed by atoms with Gasteiger partial charge in [-0.15, -0.1) is 11.3 Å². The summed E-state index contributed by atoms with van der Waals surface area (Å²) >= 11 is 6.72. The highest BCUT2D eigenvalue weighted by Gasteiger charge is 2.11. The summed E-state index contributed by atoms with van der Waals surface area (Å²) in [7, 11) is 0. The van der Waals surface area contributed by atoms with Crippen LogP contribution in [0.4, 0.5) is 5.13 Å². The highest BCUT2D eigenvalue weighted by Crippen LogP contribution is 2.30. The Morgan fingerprint density at radius 1 is 1.04 bits per heavy atom. The smallest absolute Gasteiger partial charge is 0.257 e. The van der Waals surface area contributed by atoms with Gasteiger partial charge in [0, 0.05) is 16.5 Å². The Bertz CT molecular complexity index is 1180. The number of carbonyl (C=O) groups excluding carboxylic acids is 1. The molecule has 0 atom stereocenters. The largest absolute Gasteiger partial charge is 0.308 e. The molecule has 28 heavy (non-hydrogen) atoms. The molecular formula is C22H17N3OS2. The number of hydrogen-bond acceptors (Lipinski definition) is 4. The number of hydrogen-bond donors (Lipinski definition) is 2.